The number of amides is 1. The number of nitrogens with two attached hydrogens (primary N) is 1. The third-order valence-corrected chi connectivity index (χ3v) is 5.21. The van der Waals surface area contributed by atoms with Crippen LogP contribution in [0.2, 0.25) is 0 Å². The molecule has 1 aromatic rings. The highest BCUT2D eigenvalue weighted by Gasteiger charge is 2.35. The lowest BCUT2D eigenvalue weighted by Crippen LogP contribution is -2.41. The fraction of sp³-hybridized carbons (Fsp3) is 0.500. The minimum absolute atomic E-state index is 0.132. The molecule has 1 aromatic carbocycles. The largest absolute Gasteiger partial charge is 0.351 e. The Balaban J connectivity index is 2.09. The number of hydrogen-bond acceptors (Lipinski definition) is 3. The normalized spacial score (nSPS) is 17.1. The molecule has 1 fully saturated rings. The predicted octanol–water partition coefficient (Wildman–Crippen LogP) is 1.78. The van der Waals surface area contributed by atoms with Gasteiger partial charge in [0, 0.05) is 6.54 Å². The SMILES string of the molecule is CCC1(CNC(=O)c2ccc(S(N)(=O)=O)cc2F)CCC1. The Kier molecular flexibility index (Phi) is 4.34. The summed E-state index contributed by atoms with van der Waals surface area (Å²) < 4.78 is 36.1. The summed E-state index contributed by atoms with van der Waals surface area (Å²) in [6.07, 6.45) is 4.26. The summed E-state index contributed by atoms with van der Waals surface area (Å²) in [5, 5.41) is 7.65. The Morgan fingerprint density at radius 1 is 1.43 bits per heavy atom. The third kappa shape index (κ3) is 3.41. The summed E-state index contributed by atoms with van der Waals surface area (Å²) in [7, 11) is -3.97. The van der Waals surface area contributed by atoms with Crippen molar-refractivity contribution in [1.82, 2.24) is 5.32 Å². The van der Waals surface area contributed by atoms with Crippen LogP contribution in [0.1, 0.15) is 43.0 Å². The van der Waals surface area contributed by atoms with Gasteiger partial charge in [0.15, 0.2) is 0 Å². The number of hydrogen-bond donors (Lipinski definition) is 2. The van der Waals surface area contributed by atoms with Gasteiger partial charge in [0.25, 0.3) is 5.91 Å². The second kappa shape index (κ2) is 5.73. The van der Waals surface area contributed by atoms with Gasteiger partial charge >= 0.3 is 0 Å². The van der Waals surface area contributed by atoms with Crippen LogP contribution in [-0.2, 0) is 10.0 Å². The van der Waals surface area contributed by atoms with Gasteiger partial charge in [-0.05, 0) is 42.9 Å². The molecule has 0 spiro atoms. The van der Waals surface area contributed by atoms with Crippen LogP contribution in [0.15, 0.2) is 23.1 Å². The van der Waals surface area contributed by atoms with Crippen LogP contribution in [0.4, 0.5) is 4.39 Å². The average molecular weight is 314 g/mol. The number of carbonyl (C=O) groups excluding carboxylic acids is 1. The van der Waals surface area contributed by atoms with E-state index < -0.39 is 21.7 Å². The Morgan fingerprint density at radius 3 is 2.52 bits per heavy atom. The molecule has 1 aliphatic carbocycles. The van der Waals surface area contributed by atoms with Crippen molar-refractivity contribution in [1.29, 1.82) is 0 Å². The van der Waals surface area contributed by atoms with E-state index in [1.54, 1.807) is 0 Å². The quantitative estimate of drug-likeness (QED) is 0.868. The average Bonchev–Trinajstić information content (AvgIpc) is 2.36. The zero-order chi connectivity index (χ0) is 15.7. The smallest absolute Gasteiger partial charge is 0.254 e. The lowest BCUT2D eigenvalue weighted by atomic mass is 9.67. The first-order valence-electron chi connectivity index (χ1n) is 6.88. The van der Waals surface area contributed by atoms with E-state index >= 15 is 0 Å². The summed E-state index contributed by atoms with van der Waals surface area (Å²) in [5.41, 5.74) is -0.0415. The number of nitrogens with one attached hydrogen (secondary N) is 1. The molecular weight excluding hydrogens is 295 g/mol. The van der Waals surface area contributed by atoms with Crippen LogP contribution in [0, 0.1) is 11.2 Å². The summed E-state index contributed by atoms with van der Waals surface area (Å²) in [5.74, 6) is -1.42. The van der Waals surface area contributed by atoms with Gasteiger partial charge in [-0.3, -0.25) is 4.79 Å². The molecule has 3 N–H and O–H groups in total. The first-order valence-corrected chi connectivity index (χ1v) is 8.43. The molecule has 0 heterocycles. The van der Waals surface area contributed by atoms with Crippen LogP contribution in [-0.4, -0.2) is 20.9 Å². The number of carbonyl (C=O) groups is 1. The maximum Gasteiger partial charge on any atom is 0.254 e. The van der Waals surface area contributed by atoms with Gasteiger partial charge in [0.2, 0.25) is 10.0 Å². The van der Waals surface area contributed by atoms with E-state index in [1.807, 2.05) is 0 Å². The Bertz CT molecular complexity index is 649. The lowest BCUT2D eigenvalue weighted by molar-refractivity contribution is 0.0846. The molecule has 0 saturated heterocycles. The Morgan fingerprint density at radius 2 is 2.10 bits per heavy atom. The van der Waals surface area contributed by atoms with E-state index in [0.29, 0.717) is 6.54 Å². The van der Waals surface area contributed by atoms with Crippen LogP contribution >= 0.6 is 0 Å². The van der Waals surface area contributed by atoms with Crippen LogP contribution in [0.25, 0.3) is 0 Å². The number of benzene rings is 1. The van der Waals surface area contributed by atoms with E-state index in [0.717, 1.165) is 43.9 Å². The molecule has 7 heteroatoms. The van der Waals surface area contributed by atoms with Gasteiger partial charge in [0.1, 0.15) is 5.82 Å². The van der Waals surface area contributed by atoms with E-state index in [4.69, 9.17) is 5.14 Å². The molecule has 1 amide bonds. The van der Waals surface area contributed by atoms with Crippen molar-refractivity contribution >= 4 is 15.9 Å². The Labute approximate surface area is 123 Å². The highest BCUT2D eigenvalue weighted by molar-refractivity contribution is 7.89. The standard InChI is InChI=1S/C14H19FN2O3S/c1-2-14(6-3-7-14)9-17-13(18)11-5-4-10(8-12(11)15)21(16,19)20/h4-5,8H,2-3,6-7,9H2,1H3,(H,17,18)(H2,16,19,20). The van der Waals surface area contributed by atoms with Gasteiger partial charge in [-0.1, -0.05) is 13.3 Å². The maximum absolute atomic E-state index is 13.8. The molecule has 0 bridgehead atoms. The van der Waals surface area contributed by atoms with Crippen LogP contribution in [0.5, 0.6) is 0 Å². The van der Waals surface area contributed by atoms with Crippen molar-refractivity contribution in [2.45, 2.75) is 37.5 Å². The maximum atomic E-state index is 13.8. The van der Waals surface area contributed by atoms with Crippen molar-refractivity contribution in [3.63, 3.8) is 0 Å². The van der Waals surface area contributed by atoms with Crippen molar-refractivity contribution in [2.24, 2.45) is 10.6 Å². The summed E-state index contributed by atoms with van der Waals surface area (Å²) in [6, 6.07) is 3.04. The molecule has 0 aliphatic heterocycles. The highest BCUT2D eigenvalue weighted by Crippen LogP contribution is 2.43. The van der Waals surface area contributed by atoms with Crippen molar-refractivity contribution in [3.8, 4) is 0 Å². The van der Waals surface area contributed by atoms with Gasteiger partial charge in [0.05, 0.1) is 10.5 Å². The van der Waals surface area contributed by atoms with Crippen molar-refractivity contribution in [2.75, 3.05) is 6.54 Å². The zero-order valence-corrected chi connectivity index (χ0v) is 12.7. The molecular formula is C14H19FN2O3S. The van der Waals surface area contributed by atoms with E-state index in [2.05, 4.69) is 12.2 Å². The first-order chi connectivity index (χ1) is 9.77. The lowest BCUT2D eigenvalue weighted by Gasteiger charge is -2.41. The molecule has 5 nitrogen and oxygen atoms in total. The number of rotatable bonds is 5. The molecule has 2 rings (SSSR count). The zero-order valence-electron chi connectivity index (χ0n) is 11.9. The van der Waals surface area contributed by atoms with Gasteiger partial charge in [-0.2, -0.15) is 0 Å². The minimum Gasteiger partial charge on any atom is -0.351 e. The second-order valence-electron chi connectivity index (χ2n) is 5.58. The highest BCUT2D eigenvalue weighted by atomic mass is 32.2. The number of halogens is 1. The summed E-state index contributed by atoms with van der Waals surface area (Å²) in [4.78, 5) is 11.7. The monoisotopic (exact) mass is 314 g/mol. The van der Waals surface area contributed by atoms with Gasteiger partial charge in [-0.15, -0.1) is 0 Å². The third-order valence-electron chi connectivity index (χ3n) is 4.30. The molecule has 0 radical (unpaired) electrons. The molecule has 0 atom stereocenters. The Hall–Kier alpha value is -1.47. The second-order valence-corrected chi connectivity index (χ2v) is 7.14. The topological polar surface area (TPSA) is 89.3 Å². The summed E-state index contributed by atoms with van der Waals surface area (Å²) >= 11 is 0. The van der Waals surface area contributed by atoms with E-state index in [-0.39, 0.29) is 15.9 Å². The molecule has 21 heavy (non-hydrogen) atoms. The van der Waals surface area contributed by atoms with Crippen LogP contribution < -0.4 is 10.5 Å². The molecule has 116 valence electrons. The fourth-order valence-electron chi connectivity index (χ4n) is 2.55. The predicted molar refractivity (Wildman–Crippen MR) is 76.7 cm³/mol. The van der Waals surface area contributed by atoms with Gasteiger partial charge < -0.3 is 5.32 Å². The van der Waals surface area contributed by atoms with Gasteiger partial charge in [-0.25, -0.2) is 17.9 Å². The van der Waals surface area contributed by atoms with E-state index in [9.17, 15) is 17.6 Å². The van der Waals surface area contributed by atoms with Crippen LogP contribution in [0.3, 0.4) is 0 Å². The first kappa shape index (κ1) is 15.9. The number of primary sulfonamides is 1. The minimum atomic E-state index is -3.97. The van der Waals surface area contributed by atoms with E-state index in [1.165, 1.54) is 0 Å². The molecule has 1 aliphatic rings. The fourth-order valence-corrected chi connectivity index (χ4v) is 3.08. The molecule has 0 unspecified atom stereocenters. The number of sulfonamides is 1. The summed E-state index contributed by atoms with van der Waals surface area (Å²) in [6.45, 7) is 2.59. The van der Waals surface area contributed by atoms with Crippen molar-refractivity contribution < 1.29 is 17.6 Å². The molecule has 0 aromatic heterocycles. The molecule has 1 saturated carbocycles. The van der Waals surface area contributed by atoms with Crippen molar-refractivity contribution in [3.05, 3.63) is 29.6 Å².